The lowest BCUT2D eigenvalue weighted by Gasteiger charge is -2.49. The summed E-state index contributed by atoms with van der Waals surface area (Å²) in [7, 11) is 4.03. The molecule has 0 saturated carbocycles. The average Bonchev–Trinajstić information content (AvgIpc) is 2.73. The molecule has 2 aliphatic heterocycles. The number of hydrogen-bond acceptors (Lipinski definition) is 6. The molecular weight excluding hydrogens is 352 g/mol. The highest BCUT2D eigenvalue weighted by molar-refractivity contribution is 5.82. The summed E-state index contributed by atoms with van der Waals surface area (Å²) in [5.41, 5.74) is 2.52. The van der Waals surface area contributed by atoms with E-state index in [1.807, 2.05) is 20.2 Å². The Morgan fingerprint density at radius 2 is 1.96 bits per heavy atom. The van der Waals surface area contributed by atoms with Crippen LogP contribution in [-0.2, 0) is 11.2 Å². The number of benzene rings is 1. The Morgan fingerprint density at radius 1 is 1.18 bits per heavy atom. The summed E-state index contributed by atoms with van der Waals surface area (Å²) in [6.07, 6.45) is 4.32. The second-order valence-electron chi connectivity index (χ2n) is 7.79. The molecule has 7 heteroatoms. The van der Waals surface area contributed by atoms with E-state index in [2.05, 4.69) is 54.2 Å². The number of carbonyl (C=O) groups excluding carboxylic acids is 1. The molecule has 28 heavy (non-hydrogen) atoms. The number of amides is 1. The normalized spacial score (nSPS) is 21.2. The molecule has 0 spiro atoms. The van der Waals surface area contributed by atoms with Gasteiger partial charge in [-0.05, 0) is 38.2 Å². The zero-order valence-corrected chi connectivity index (χ0v) is 16.6. The zero-order chi connectivity index (χ0) is 19.5. The minimum absolute atomic E-state index is 0.0800. The first-order chi connectivity index (χ1) is 13.6. The number of carbonyl (C=O) groups is 1. The summed E-state index contributed by atoms with van der Waals surface area (Å²) in [4.78, 5) is 28.6. The first kappa shape index (κ1) is 18.7. The van der Waals surface area contributed by atoms with Gasteiger partial charge in [0.2, 0.25) is 11.9 Å². The van der Waals surface area contributed by atoms with Crippen molar-refractivity contribution < 1.29 is 4.79 Å². The summed E-state index contributed by atoms with van der Waals surface area (Å²) in [6.45, 7) is 3.98. The van der Waals surface area contributed by atoms with E-state index in [-0.39, 0.29) is 17.9 Å². The maximum atomic E-state index is 13.1. The van der Waals surface area contributed by atoms with Gasteiger partial charge in [-0.2, -0.15) is 0 Å². The van der Waals surface area contributed by atoms with Crippen LogP contribution in [0.25, 0.3) is 0 Å². The molecule has 0 unspecified atom stereocenters. The molecule has 1 N–H and O–H groups in total. The van der Waals surface area contributed by atoms with Crippen LogP contribution < -0.4 is 15.1 Å². The third kappa shape index (κ3) is 3.80. The van der Waals surface area contributed by atoms with Gasteiger partial charge in [-0.1, -0.05) is 18.2 Å². The number of para-hydroxylation sites is 1. The minimum Gasteiger partial charge on any atom is -0.364 e. The number of likely N-dealkylation sites (N-methyl/N-ethyl adjacent to an activating group) is 1. The second-order valence-corrected chi connectivity index (χ2v) is 7.79. The fourth-order valence-corrected chi connectivity index (χ4v) is 4.23. The Bertz CT molecular complexity index is 812. The Balaban J connectivity index is 1.57. The summed E-state index contributed by atoms with van der Waals surface area (Å²) < 4.78 is 0. The number of fused-ring (bicyclic) bond motifs is 3. The predicted molar refractivity (Wildman–Crippen MR) is 111 cm³/mol. The van der Waals surface area contributed by atoms with Gasteiger partial charge in [0, 0.05) is 50.8 Å². The van der Waals surface area contributed by atoms with E-state index in [0.717, 1.165) is 38.5 Å². The fourth-order valence-electron chi connectivity index (χ4n) is 4.23. The Hall–Kier alpha value is -2.67. The van der Waals surface area contributed by atoms with Crippen molar-refractivity contribution >= 4 is 17.5 Å². The lowest BCUT2D eigenvalue weighted by atomic mass is 9.83. The minimum atomic E-state index is -0.0800. The molecule has 4 rings (SSSR count). The highest BCUT2D eigenvalue weighted by atomic mass is 16.1. The van der Waals surface area contributed by atoms with Crippen molar-refractivity contribution in [1.29, 1.82) is 0 Å². The summed E-state index contributed by atoms with van der Waals surface area (Å²) in [5, 5.41) is 3.15. The van der Waals surface area contributed by atoms with E-state index in [1.54, 1.807) is 12.4 Å². The van der Waals surface area contributed by atoms with Gasteiger partial charge in [0.1, 0.15) is 0 Å². The maximum Gasteiger partial charge on any atom is 0.225 e. The van der Waals surface area contributed by atoms with E-state index in [1.165, 1.54) is 11.3 Å². The molecule has 0 bridgehead atoms. The van der Waals surface area contributed by atoms with Crippen molar-refractivity contribution in [3.8, 4) is 0 Å². The van der Waals surface area contributed by atoms with E-state index < -0.39 is 0 Å². The maximum absolute atomic E-state index is 13.1. The van der Waals surface area contributed by atoms with Gasteiger partial charge in [-0.25, -0.2) is 9.97 Å². The van der Waals surface area contributed by atoms with E-state index in [9.17, 15) is 4.79 Å². The monoisotopic (exact) mass is 380 g/mol. The summed E-state index contributed by atoms with van der Waals surface area (Å²) >= 11 is 0. The van der Waals surface area contributed by atoms with Crippen LogP contribution in [0.1, 0.15) is 5.56 Å². The van der Waals surface area contributed by atoms with Crippen LogP contribution in [0, 0.1) is 5.92 Å². The standard InChI is InChI=1S/C21H28N6O/c1-25(2)11-10-22-20(28)17-14-16-6-3-4-7-18(16)27-13-12-26(15-19(17)27)21-23-8-5-9-24-21/h3-9,17,19H,10-15H2,1-2H3,(H,22,28)/t17-,19-/m0/s1. The number of nitrogens with zero attached hydrogens (tertiary/aromatic N) is 5. The molecule has 2 atom stereocenters. The lowest BCUT2D eigenvalue weighted by molar-refractivity contribution is -0.125. The third-order valence-corrected chi connectivity index (χ3v) is 5.65. The quantitative estimate of drug-likeness (QED) is 0.836. The molecule has 1 fully saturated rings. The highest BCUT2D eigenvalue weighted by Crippen LogP contribution is 2.36. The van der Waals surface area contributed by atoms with Crippen LogP contribution in [0.15, 0.2) is 42.7 Å². The summed E-state index contributed by atoms with van der Waals surface area (Å²) in [5.74, 6) is 0.804. The Morgan fingerprint density at radius 3 is 2.75 bits per heavy atom. The van der Waals surface area contributed by atoms with Crippen molar-refractivity contribution in [2.75, 3.05) is 56.6 Å². The van der Waals surface area contributed by atoms with Crippen LogP contribution in [-0.4, -0.2) is 73.6 Å². The molecule has 1 amide bonds. The topological polar surface area (TPSA) is 64.6 Å². The number of anilines is 2. The third-order valence-electron chi connectivity index (χ3n) is 5.65. The number of piperazine rings is 1. The van der Waals surface area contributed by atoms with Gasteiger partial charge < -0.3 is 20.0 Å². The second kappa shape index (κ2) is 8.14. The Labute approximate surface area is 166 Å². The number of aromatic nitrogens is 2. The Kier molecular flexibility index (Phi) is 5.43. The molecule has 2 aromatic rings. The SMILES string of the molecule is CN(C)CCNC(=O)[C@H]1Cc2ccccc2N2CCN(c3ncccn3)C[C@@H]12. The zero-order valence-electron chi connectivity index (χ0n) is 16.6. The molecule has 0 aliphatic carbocycles. The molecule has 3 heterocycles. The molecule has 1 saturated heterocycles. The van der Waals surface area contributed by atoms with Gasteiger partial charge in [0.05, 0.1) is 12.0 Å². The van der Waals surface area contributed by atoms with Gasteiger partial charge in [0.25, 0.3) is 0 Å². The number of hydrogen-bond donors (Lipinski definition) is 1. The van der Waals surface area contributed by atoms with E-state index in [4.69, 9.17) is 0 Å². The number of nitrogens with one attached hydrogen (secondary N) is 1. The van der Waals surface area contributed by atoms with Crippen molar-refractivity contribution in [2.24, 2.45) is 5.92 Å². The van der Waals surface area contributed by atoms with E-state index >= 15 is 0 Å². The van der Waals surface area contributed by atoms with Crippen LogP contribution >= 0.6 is 0 Å². The highest BCUT2D eigenvalue weighted by Gasteiger charge is 2.41. The fraction of sp³-hybridized carbons (Fsp3) is 0.476. The van der Waals surface area contributed by atoms with Crippen LogP contribution in [0.3, 0.4) is 0 Å². The molecule has 148 valence electrons. The molecule has 2 aliphatic rings. The van der Waals surface area contributed by atoms with Crippen molar-refractivity contribution in [1.82, 2.24) is 20.2 Å². The first-order valence-corrected chi connectivity index (χ1v) is 9.92. The molecule has 7 nitrogen and oxygen atoms in total. The smallest absolute Gasteiger partial charge is 0.225 e. The molecule has 1 aromatic heterocycles. The first-order valence-electron chi connectivity index (χ1n) is 9.92. The van der Waals surface area contributed by atoms with Crippen LogP contribution in [0.4, 0.5) is 11.6 Å². The van der Waals surface area contributed by atoms with Crippen molar-refractivity contribution in [3.63, 3.8) is 0 Å². The van der Waals surface area contributed by atoms with Crippen molar-refractivity contribution in [2.45, 2.75) is 12.5 Å². The number of rotatable bonds is 5. The van der Waals surface area contributed by atoms with Gasteiger partial charge in [0.15, 0.2) is 0 Å². The lowest BCUT2D eigenvalue weighted by Crippen LogP contribution is -2.61. The van der Waals surface area contributed by atoms with Gasteiger partial charge in [-0.15, -0.1) is 0 Å². The summed E-state index contributed by atoms with van der Waals surface area (Å²) in [6, 6.07) is 10.4. The van der Waals surface area contributed by atoms with Crippen LogP contribution in [0.5, 0.6) is 0 Å². The molecule has 0 radical (unpaired) electrons. The molecule has 1 aromatic carbocycles. The van der Waals surface area contributed by atoms with Crippen LogP contribution in [0.2, 0.25) is 0 Å². The van der Waals surface area contributed by atoms with Gasteiger partial charge >= 0.3 is 0 Å². The largest absolute Gasteiger partial charge is 0.364 e. The molecular formula is C21H28N6O. The predicted octanol–water partition coefficient (Wildman–Crippen LogP) is 1.02. The van der Waals surface area contributed by atoms with E-state index in [0.29, 0.717) is 6.54 Å². The van der Waals surface area contributed by atoms with Gasteiger partial charge in [-0.3, -0.25) is 4.79 Å². The average molecular weight is 380 g/mol. The van der Waals surface area contributed by atoms with Crippen molar-refractivity contribution in [3.05, 3.63) is 48.3 Å².